The summed E-state index contributed by atoms with van der Waals surface area (Å²) in [6.07, 6.45) is 7.31. The maximum atomic E-state index is 12.6. The van der Waals surface area contributed by atoms with Gasteiger partial charge in [-0.1, -0.05) is 53.0 Å². The van der Waals surface area contributed by atoms with E-state index in [0.29, 0.717) is 12.2 Å². The fraction of sp³-hybridized carbons (Fsp3) is 0.682. The molecule has 0 fully saturated rings. The summed E-state index contributed by atoms with van der Waals surface area (Å²) in [7, 11) is 1.66. The smallest absolute Gasteiger partial charge is 0.338 e. The summed E-state index contributed by atoms with van der Waals surface area (Å²) in [5, 5.41) is 0. The van der Waals surface area contributed by atoms with E-state index in [9.17, 15) is 4.79 Å². The Labute approximate surface area is 154 Å². The number of methoxy groups -OCH3 is 1. The summed E-state index contributed by atoms with van der Waals surface area (Å²) in [6, 6.07) is 6.07. The van der Waals surface area contributed by atoms with E-state index < -0.39 is 0 Å². The SMILES string of the molecule is CCc1cc(CC)cc(C(=O)OC(CCCCCC(C)C)COC)c1. The van der Waals surface area contributed by atoms with Gasteiger partial charge in [0.2, 0.25) is 0 Å². The molecule has 0 radical (unpaired) electrons. The van der Waals surface area contributed by atoms with Gasteiger partial charge in [0.15, 0.2) is 0 Å². The Bertz CT molecular complexity index is 486. The topological polar surface area (TPSA) is 35.5 Å². The highest BCUT2D eigenvalue weighted by molar-refractivity contribution is 5.90. The standard InChI is InChI=1S/C22H36O3/c1-6-18-13-19(7-2)15-20(14-18)22(23)25-21(16-24-5)12-10-8-9-11-17(3)4/h13-15,17,21H,6-12,16H2,1-5H3. The molecule has 0 aliphatic carbocycles. The van der Waals surface area contributed by atoms with Crippen LogP contribution in [0, 0.1) is 5.92 Å². The minimum absolute atomic E-state index is 0.160. The average molecular weight is 349 g/mol. The number of aryl methyl sites for hydroxylation is 2. The molecule has 25 heavy (non-hydrogen) atoms. The largest absolute Gasteiger partial charge is 0.456 e. The monoisotopic (exact) mass is 348 g/mol. The molecular weight excluding hydrogens is 312 g/mol. The lowest BCUT2D eigenvalue weighted by Gasteiger charge is -2.18. The van der Waals surface area contributed by atoms with Crippen LogP contribution in [0.15, 0.2) is 18.2 Å². The molecule has 142 valence electrons. The van der Waals surface area contributed by atoms with Crippen molar-refractivity contribution in [3.05, 3.63) is 34.9 Å². The van der Waals surface area contributed by atoms with E-state index in [2.05, 4.69) is 33.8 Å². The van der Waals surface area contributed by atoms with Crippen molar-refractivity contribution in [1.29, 1.82) is 0 Å². The Balaban J connectivity index is 2.60. The lowest BCUT2D eigenvalue weighted by Crippen LogP contribution is -2.23. The Morgan fingerprint density at radius 3 is 2.08 bits per heavy atom. The molecular formula is C22H36O3. The zero-order chi connectivity index (χ0) is 18.7. The molecule has 0 spiro atoms. The zero-order valence-corrected chi connectivity index (χ0v) is 16.8. The van der Waals surface area contributed by atoms with E-state index >= 15 is 0 Å². The molecule has 0 saturated heterocycles. The Morgan fingerprint density at radius 1 is 0.960 bits per heavy atom. The molecule has 0 saturated carbocycles. The molecule has 1 unspecified atom stereocenters. The fourth-order valence-corrected chi connectivity index (χ4v) is 2.97. The quantitative estimate of drug-likeness (QED) is 0.365. The van der Waals surface area contributed by atoms with Crippen LogP contribution in [0.1, 0.15) is 81.3 Å². The fourth-order valence-electron chi connectivity index (χ4n) is 2.97. The molecule has 0 N–H and O–H groups in total. The van der Waals surface area contributed by atoms with Gasteiger partial charge in [-0.05, 0) is 54.9 Å². The zero-order valence-electron chi connectivity index (χ0n) is 16.8. The van der Waals surface area contributed by atoms with Crippen molar-refractivity contribution in [3.8, 4) is 0 Å². The van der Waals surface area contributed by atoms with Crippen LogP contribution in [-0.4, -0.2) is 25.8 Å². The number of ether oxygens (including phenoxy) is 2. The van der Waals surface area contributed by atoms with Crippen molar-refractivity contribution in [2.24, 2.45) is 5.92 Å². The minimum Gasteiger partial charge on any atom is -0.456 e. The van der Waals surface area contributed by atoms with Gasteiger partial charge in [-0.3, -0.25) is 0 Å². The first-order valence-electron chi connectivity index (χ1n) is 9.82. The predicted octanol–water partition coefficient (Wildman–Crippen LogP) is 5.59. The summed E-state index contributed by atoms with van der Waals surface area (Å²) >= 11 is 0. The molecule has 1 atom stereocenters. The van der Waals surface area contributed by atoms with E-state index in [-0.39, 0.29) is 12.1 Å². The number of hydrogen-bond acceptors (Lipinski definition) is 3. The van der Waals surface area contributed by atoms with Crippen LogP contribution in [0.25, 0.3) is 0 Å². The van der Waals surface area contributed by atoms with Crippen molar-refractivity contribution >= 4 is 5.97 Å². The molecule has 0 amide bonds. The van der Waals surface area contributed by atoms with Gasteiger partial charge in [-0.2, -0.15) is 0 Å². The normalized spacial score (nSPS) is 12.4. The van der Waals surface area contributed by atoms with Crippen LogP contribution in [0.3, 0.4) is 0 Å². The molecule has 1 rings (SSSR count). The molecule has 0 aliphatic heterocycles. The van der Waals surface area contributed by atoms with Gasteiger partial charge in [-0.15, -0.1) is 0 Å². The maximum absolute atomic E-state index is 12.6. The third-order valence-corrected chi connectivity index (χ3v) is 4.54. The van der Waals surface area contributed by atoms with Gasteiger partial charge in [0, 0.05) is 7.11 Å². The third kappa shape index (κ3) is 8.53. The average Bonchev–Trinajstić information content (AvgIpc) is 2.60. The van der Waals surface area contributed by atoms with Crippen molar-refractivity contribution in [2.75, 3.05) is 13.7 Å². The lowest BCUT2D eigenvalue weighted by molar-refractivity contribution is 0.00234. The predicted molar refractivity (Wildman–Crippen MR) is 104 cm³/mol. The van der Waals surface area contributed by atoms with Crippen molar-refractivity contribution < 1.29 is 14.3 Å². The third-order valence-electron chi connectivity index (χ3n) is 4.54. The first-order valence-corrected chi connectivity index (χ1v) is 9.82. The first-order chi connectivity index (χ1) is 12.0. The Hall–Kier alpha value is -1.35. The van der Waals surface area contributed by atoms with Crippen molar-refractivity contribution in [1.82, 2.24) is 0 Å². The van der Waals surface area contributed by atoms with Crippen molar-refractivity contribution in [2.45, 2.75) is 78.7 Å². The van der Waals surface area contributed by atoms with Gasteiger partial charge in [-0.25, -0.2) is 4.79 Å². The van der Waals surface area contributed by atoms with E-state index in [4.69, 9.17) is 9.47 Å². The van der Waals surface area contributed by atoms with Gasteiger partial charge >= 0.3 is 5.97 Å². The Morgan fingerprint density at radius 2 is 1.56 bits per heavy atom. The number of hydrogen-bond donors (Lipinski definition) is 0. The molecule has 0 heterocycles. The second-order valence-electron chi connectivity index (χ2n) is 7.26. The highest BCUT2D eigenvalue weighted by Crippen LogP contribution is 2.16. The van der Waals surface area contributed by atoms with Gasteiger partial charge in [0.25, 0.3) is 0 Å². The molecule has 1 aromatic rings. The van der Waals surface area contributed by atoms with Crippen LogP contribution >= 0.6 is 0 Å². The van der Waals surface area contributed by atoms with Crippen LogP contribution < -0.4 is 0 Å². The number of benzene rings is 1. The first kappa shape index (κ1) is 21.7. The highest BCUT2D eigenvalue weighted by atomic mass is 16.6. The molecule has 3 nitrogen and oxygen atoms in total. The summed E-state index contributed by atoms with van der Waals surface area (Å²) < 4.78 is 11.0. The molecule has 3 heteroatoms. The number of rotatable bonds is 12. The maximum Gasteiger partial charge on any atom is 0.338 e. The van der Waals surface area contributed by atoms with Crippen LogP contribution in [-0.2, 0) is 22.3 Å². The van der Waals surface area contributed by atoms with E-state index in [1.54, 1.807) is 7.11 Å². The van der Waals surface area contributed by atoms with E-state index in [1.165, 1.54) is 30.4 Å². The van der Waals surface area contributed by atoms with Gasteiger partial charge in [0.05, 0.1) is 12.2 Å². The summed E-state index contributed by atoms with van der Waals surface area (Å²) in [4.78, 5) is 12.6. The van der Waals surface area contributed by atoms with Crippen LogP contribution in [0.2, 0.25) is 0 Å². The van der Waals surface area contributed by atoms with Gasteiger partial charge in [0.1, 0.15) is 6.10 Å². The summed E-state index contributed by atoms with van der Waals surface area (Å²) in [5.74, 6) is 0.528. The summed E-state index contributed by atoms with van der Waals surface area (Å²) in [5.41, 5.74) is 3.03. The Kier molecular flexibility index (Phi) is 10.5. The van der Waals surface area contributed by atoms with Crippen LogP contribution in [0.4, 0.5) is 0 Å². The number of unbranched alkanes of at least 4 members (excludes halogenated alkanes) is 2. The second-order valence-corrected chi connectivity index (χ2v) is 7.26. The number of carbonyl (C=O) groups is 1. The molecule has 0 aromatic heterocycles. The van der Waals surface area contributed by atoms with Crippen LogP contribution in [0.5, 0.6) is 0 Å². The van der Waals surface area contributed by atoms with E-state index in [0.717, 1.165) is 31.6 Å². The van der Waals surface area contributed by atoms with Gasteiger partial charge < -0.3 is 9.47 Å². The molecule has 0 aliphatic rings. The highest BCUT2D eigenvalue weighted by Gasteiger charge is 2.17. The van der Waals surface area contributed by atoms with E-state index in [1.807, 2.05) is 12.1 Å². The second kappa shape index (κ2) is 12.1. The number of carbonyl (C=O) groups excluding carboxylic acids is 1. The number of esters is 1. The minimum atomic E-state index is -0.228. The van der Waals surface area contributed by atoms with Crippen molar-refractivity contribution in [3.63, 3.8) is 0 Å². The molecule has 0 bridgehead atoms. The lowest BCUT2D eigenvalue weighted by atomic mass is 10.0. The molecule has 1 aromatic carbocycles. The summed E-state index contributed by atoms with van der Waals surface area (Å²) in [6.45, 7) is 9.18.